The zero-order valence-electron chi connectivity index (χ0n) is 28.1. The average Bonchev–Trinajstić information content (AvgIpc) is 3.56. The second kappa shape index (κ2) is 14.8. The van der Waals surface area contributed by atoms with E-state index in [1.165, 1.54) is 4.90 Å². The minimum Gasteiger partial charge on any atom is -0.282 e. The van der Waals surface area contributed by atoms with Gasteiger partial charge in [0.25, 0.3) is 5.91 Å². The Balaban J connectivity index is 1.40. The Hall–Kier alpha value is -5.33. The maximum absolute atomic E-state index is 15.1. The van der Waals surface area contributed by atoms with Gasteiger partial charge in [-0.2, -0.15) is 0 Å². The molecule has 0 radical (unpaired) electrons. The molecule has 8 rings (SSSR count). The molecule has 0 unspecified atom stereocenters. The Morgan fingerprint density at radius 2 is 1.09 bits per heavy atom. The van der Waals surface area contributed by atoms with Gasteiger partial charge in [-0.15, -0.1) is 0 Å². The average molecular weight is 778 g/mol. The van der Waals surface area contributed by atoms with E-state index >= 15 is 13.6 Å². The number of carbonyl (C=O) groups excluding carboxylic acids is 1. The number of fused-ring (bicyclic) bond motifs is 1. The maximum Gasteiger partial charge on any atom is 0.260 e. The molecule has 1 amide bonds. The van der Waals surface area contributed by atoms with Gasteiger partial charge in [-0.05, 0) is 106 Å². The van der Waals surface area contributed by atoms with Crippen LogP contribution < -0.4 is 15.9 Å². The van der Waals surface area contributed by atoms with Gasteiger partial charge in [-0.1, -0.05) is 102 Å². The molecule has 0 fully saturated rings. The van der Waals surface area contributed by atoms with E-state index in [0.717, 1.165) is 63.1 Å². The highest BCUT2D eigenvalue weighted by molar-refractivity contribution is 7.80. The van der Waals surface area contributed by atoms with Gasteiger partial charge in [-0.25, -0.2) is 17.6 Å². The summed E-state index contributed by atoms with van der Waals surface area (Å²) >= 11 is 12.7. The molecule has 54 heavy (non-hydrogen) atoms. The summed E-state index contributed by atoms with van der Waals surface area (Å²) in [5, 5.41) is 5.48. The Kier molecular flexibility index (Phi) is 9.80. The topological polar surface area (TPSA) is 32.7 Å². The zero-order chi connectivity index (χ0) is 37.5. The highest BCUT2D eigenvalue weighted by atomic mass is 35.5. The molecule has 0 N–H and O–H groups in total. The molecule has 1 aliphatic rings. The van der Waals surface area contributed by atoms with E-state index < -0.39 is 49.2 Å². The first kappa shape index (κ1) is 35.7. The van der Waals surface area contributed by atoms with Crippen molar-refractivity contribution in [3.05, 3.63) is 207 Å². The Morgan fingerprint density at radius 3 is 1.69 bits per heavy atom. The molecule has 10 heteroatoms. The van der Waals surface area contributed by atoms with Crippen LogP contribution in [-0.2, 0) is 0 Å². The first-order chi connectivity index (χ1) is 26.1. The Labute approximate surface area is 319 Å². The van der Waals surface area contributed by atoms with Gasteiger partial charge in [0.1, 0.15) is 35.1 Å². The minimum absolute atomic E-state index is 0.0604. The molecule has 7 aromatic rings. The second-order valence-electron chi connectivity index (χ2n) is 12.8. The van der Waals surface area contributed by atoms with Crippen LogP contribution in [0.3, 0.4) is 0 Å². The highest BCUT2D eigenvalue weighted by Crippen LogP contribution is 2.46. The van der Waals surface area contributed by atoms with E-state index in [1.54, 1.807) is 36.4 Å². The smallest absolute Gasteiger partial charge is 0.260 e. The van der Waals surface area contributed by atoms with Crippen LogP contribution in [0.1, 0.15) is 39.1 Å². The van der Waals surface area contributed by atoms with Crippen LogP contribution in [0.5, 0.6) is 0 Å². The summed E-state index contributed by atoms with van der Waals surface area (Å²) in [5.74, 6) is -3.83. The van der Waals surface area contributed by atoms with Crippen LogP contribution in [0.4, 0.5) is 17.6 Å². The number of amidine groups is 1. The zero-order valence-corrected chi connectivity index (χ0v) is 30.5. The number of amides is 1. The van der Waals surface area contributed by atoms with E-state index in [-0.39, 0.29) is 22.5 Å². The fourth-order valence-corrected chi connectivity index (χ4v) is 9.62. The van der Waals surface area contributed by atoms with Crippen molar-refractivity contribution < 1.29 is 22.4 Å². The predicted molar refractivity (Wildman–Crippen MR) is 210 cm³/mol. The second-order valence-corrected chi connectivity index (χ2v) is 15.8. The van der Waals surface area contributed by atoms with Gasteiger partial charge >= 0.3 is 0 Å². The van der Waals surface area contributed by atoms with Gasteiger partial charge in [-0.3, -0.25) is 14.7 Å². The fraction of sp³-hybridized carbons (Fsp3) is 0.0455. The van der Waals surface area contributed by atoms with Crippen LogP contribution in [0.2, 0.25) is 10.0 Å². The third kappa shape index (κ3) is 7.03. The lowest BCUT2D eigenvalue weighted by Crippen LogP contribution is -2.40. The number of aliphatic imine (C=N–C) groups is 1. The molecule has 0 aliphatic carbocycles. The molecular formula is C44H27Cl2F4N2OP. The molecule has 266 valence electrons. The SMILES string of the molecule is O=C(c1ccc2ccccc2c1)N1C(c2ccccc2P(c2ccc(Cl)cc2)c2ccc(Cl)cc2)=N[C@H](c2cc(F)cc(F)c2)[C@H]1c1cc(F)cc(F)c1. The van der Waals surface area contributed by atoms with E-state index in [2.05, 4.69) is 0 Å². The molecule has 0 saturated heterocycles. The molecule has 7 aromatic carbocycles. The van der Waals surface area contributed by atoms with Crippen LogP contribution >= 0.6 is 31.1 Å². The van der Waals surface area contributed by atoms with Crippen molar-refractivity contribution in [3.63, 3.8) is 0 Å². The standard InChI is InChI=1S/C44H27Cl2F4N2OP/c45-31-11-15-37(16-12-31)54(38-17-13-32(46)14-18-38)40-8-4-3-7-39(40)43-51-41(29-20-33(47)24-34(48)21-29)42(30-22-35(49)25-36(50)23-30)52(43)44(53)28-10-9-26-5-1-2-6-27(26)19-28/h1-25,41-42H/t41-,42-/m1/s1. The van der Waals surface area contributed by atoms with Crippen LogP contribution in [0.25, 0.3) is 10.8 Å². The number of hydrogen-bond acceptors (Lipinski definition) is 2. The third-order valence-corrected chi connectivity index (χ3v) is 12.3. The molecule has 0 bridgehead atoms. The number of nitrogens with zero attached hydrogens (tertiary/aromatic N) is 2. The summed E-state index contributed by atoms with van der Waals surface area (Å²) in [6.07, 6.45) is 0. The van der Waals surface area contributed by atoms with Gasteiger partial charge in [0.2, 0.25) is 0 Å². The van der Waals surface area contributed by atoms with E-state index in [0.29, 0.717) is 15.6 Å². The summed E-state index contributed by atoms with van der Waals surface area (Å²) in [7, 11) is -1.36. The summed E-state index contributed by atoms with van der Waals surface area (Å²) in [5.41, 5.74) is 0.974. The van der Waals surface area contributed by atoms with Gasteiger partial charge in [0.15, 0.2) is 0 Å². The molecular weight excluding hydrogens is 750 g/mol. The normalized spacial score (nSPS) is 15.5. The van der Waals surface area contributed by atoms with Crippen molar-refractivity contribution in [3.8, 4) is 0 Å². The van der Waals surface area contributed by atoms with Crippen LogP contribution in [0, 0.1) is 23.3 Å². The third-order valence-electron chi connectivity index (χ3n) is 9.29. The predicted octanol–water partition coefficient (Wildman–Crippen LogP) is 10.8. The Bertz CT molecular complexity index is 2500. The lowest BCUT2D eigenvalue weighted by atomic mass is 9.92. The number of rotatable bonds is 7. The van der Waals surface area contributed by atoms with Crippen LogP contribution in [0.15, 0.2) is 157 Å². The molecule has 2 atom stereocenters. The lowest BCUT2D eigenvalue weighted by Gasteiger charge is -2.31. The van der Waals surface area contributed by atoms with Crippen molar-refractivity contribution in [2.75, 3.05) is 0 Å². The summed E-state index contributed by atoms with van der Waals surface area (Å²) < 4.78 is 60.0. The minimum atomic E-state index is -1.36. The molecule has 0 aromatic heterocycles. The maximum atomic E-state index is 15.1. The van der Waals surface area contributed by atoms with Crippen molar-refractivity contribution in [1.29, 1.82) is 0 Å². The molecule has 0 saturated carbocycles. The highest BCUT2D eigenvalue weighted by Gasteiger charge is 2.44. The van der Waals surface area contributed by atoms with Crippen LogP contribution in [-0.4, -0.2) is 16.6 Å². The van der Waals surface area contributed by atoms with E-state index in [9.17, 15) is 8.78 Å². The summed E-state index contributed by atoms with van der Waals surface area (Å²) in [6.45, 7) is 0. The quantitative estimate of drug-likeness (QED) is 0.117. The molecule has 1 aliphatic heterocycles. The number of halogens is 6. The van der Waals surface area contributed by atoms with Gasteiger partial charge < -0.3 is 0 Å². The first-order valence-corrected chi connectivity index (χ1v) is 19.0. The monoisotopic (exact) mass is 776 g/mol. The van der Waals surface area contributed by atoms with Crippen molar-refractivity contribution in [2.24, 2.45) is 4.99 Å². The van der Waals surface area contributed by atoms with E-state index in [4.69, 9.17) is 28.2 Å². The molecule has 0 spiro atoms. The largest absolute Gasteiger partial charge is 0.282 e. The van der Waals surface area contributed by atoms with Crippen molar-refractivity contribution >= 4 is 69.6 Å². The Morgan fingerprint density at radius 1 is 0.574 bits per heavy atom. The van der Waals surface area contributed by atoms with E-state index in [1.807, 2.05) is 78.9 Å². The number of hydrogen-bond donors (Lipinski definition) is 0. The number of carbonyl (C=O) groups is 1. The first-order valence-electron chi connectivity index (χ1n) is 16.9. The van der Waals surface area contributed by atoms with Gasteiger partial charge in [0, 0.05) is 33.3 Å². The summed E-state index contributed by atoms with van der Waals surface area (Å²) in [6, 6.07) is 38.8. The van der Waals surface area contributed by atoms with Crippen molar-refractivity contribution in [1.82, 2.24) is 4.90 Å². The lowest BCUT2D eigenvalue weighted by molar-refractivity contribution is 0.0804. The number of benzene rings is 7. The summed E-state index contributed by atoms with van der Waals surface area (Å²) in [4.78, 5) is 21.6. The van der Waals surface area contributed by atoms with Crippen molar-refractivity contribution in [2.45, 2.75) is 12.1 Å². The molecule has 1 heterocycles. The van der Waals surface area contributed by atoms with Gasteiger partial charge in [0.05, 0.1) is 6.04 Å². The molecule has 3 nitrogen and oxygen atoms in total. The fourth-order valence-electron chi connectivity index (χ4n) is 6.97.